The molecule has 0 aromatic carbocycles. The van der Waals surface area contributed by atoms with Gasteiger partial charge in [0.2, 0.25) is 0 Å². The summed E-state index contributed by atoms with van der Waals surface area (Å²) in [7, 11) is -0.485. The highest BCUT2D eigenvalue weighted by atomic mass is 32.2. The molecule has 0 amide bonds. The summed E-state index contributed by atoms with van der Waals surface area (Å²) in [5.41, 5.74) is 0. The summed E-state index contributed by atoms with van der Waals surface area (Å²) >= 11 is 0. The molecule has 1 atom stereocenters. The maximum Gasteiger partial charge on any atom is 0.274 e. The third-order valence-corrected chi connectivity index (χ3v) is 2.76. The van der Waals surface area contributed by atoms with Crippen LogP contribution in [0, 0.1) is 0 Å². The van der Waals surface area contributed by atoms with E-state index in [2.05, 4.69) is 5.32 Å². The predicted molar refractivity (Wildman–Crippen MR) is 30.5 cm³/mol. The number of nitrogens with one attached hydrogen (secondary N) is 1. The number of carbonyl (C=O) groups is 1. The van der Waals surface area contributed by atoms with Crippen LogP contribution in [0.1, 0.15) is 0 Å². The maximum atomic E-state index is 10.1. The van der Waals surface area contributed by atoms with Crippen LogP contribution in [0.4, 0.5) is 4.79 Å². The minimum Gasteiger partial charge on any atom is -0.504 e. The van der Waals surface area contributed by atoms with E-state index < -0.39 is 16.2 Å². The fraction of sp³-hybridized carbons (Fsp3) is 0.750. The second kappa shape index (κ2) is 2.37. The second-order valence-corrected chi connectivity index (χ2v) is 3.61. The molecule has 0 aromatic heterocycles. The molecule has 1 aliphatic rings. The zero-order chi connectivity index (χ0) is 5.98. The fourth-order valence-corrected chi connectivity index (χ4v) is 1.82. The van der Waals surface area contributed by atoms with Gasteiger partial charge in [0.1, 0.15) is 5.75 Å². The van der Waals surface area contributed by atoms with Crippen LogP contribution in [-0.2, 0) is 10.9 Å². The van der Waals surface area contributed by atoms with Gasteiger partial charge in [0.05, 0.1) is 10.9 Å². The number of carboxylic acid groups (broad SMARTS) is 1. The number of hydrogen-bond acceptors (Lipinski definition) is 3. The van der Waals surface area contributed by atoms with E-state index in [1.54, 1.807) is 0 Å². The van der Waals surface area contributed by atoms with Crippen molar-refractivity contribution in [1.82, 2.24) is 5.32 Å². The predicted octanol–water partition coefficient (Wildman–Crippen LogP) is -1.49. The van der Waals surface area contributed by atoms with E-state index in [4.69, 9.17) is 0 Å². The van der Waals surface area contributed by atoms with E-state index in [1.165, 1.54) is 0 Å². The molecule has 0 radical (unpaired) electrons. The highest BCUT2D eigenvalue weighted by Gasteiger charge is 2.25. The lowest BCUT2D eigenvalue weighted by atomic mass is 10.8. The Balaban J connectivity index is 2.35. The summed E-state index contributed by atoms with van der Waals surface area (Å²) in [4.78, 5) is 10.1. The van der Waals surface area contributed by atoms with Crippen molar-refractivity contribution < 1.29 is 9.90 Å². The standard InChI is InChI=1S/C4H7NO2S/c6-4(7)8-2-1-5-3-8/h5H,1-3H2. The van der Waals surface area contributed by atoms with Gasteiger partial charge in [-0.05, 0) is 0 Å². The monoisotopic (exact) mass is 133 g/mol. The summed E-state index contributed by atoms with van der Waals surface area (Å²) in [5.74, 6) is 1.37. The normalized spacial score (nSPS) is 28.2. The van der Waals surface area contributed by atoms with Crippen LogP contribution in [0.25, 0.3) is 0 Å². The molecule has 1 N–H and O–H groups in total. The molecule has 8 heavy (non-hydrogen) atoms. The molecule has 0 saturated carbocycles. The Kier molecular flexibility index (Phi) is 1.75. The number of carbonyl (C=O) groups excluding carboxylic acids is 1. The first-order valence-electron chi connectivity index (χ1n) is 2.40. The summed E-state index contributed by atoms with van der Waals surface area (Å²) in [6.45, 7) is 0.830. The van der Waals surface area contributed by atoms with Crippen LogP contribution in [0.15, 0.2) is 0 Å². The van der Waals surface area contributed by atoms with Crippen LogP contribution in [0.5, 0.6) is 0 Å². The molecular formula is C4H7NO2S. The molecule has 3 nitrogen and oxygen atoms in total. The van der Waals surface area contributed by atoms with Crippen LogP contribution in [0.2, 0.25) is 0 Å². The average molecular weight is 133 g/mol. The van der Waals surface area contributed by atoms with Crippen LogP contribution in [0.3, 0.4) is 0 Å². The third-order valence-electron chi connectivity index (χ3n) is 1.04. The Morgan fingerprint density at radius 3 is 2.75 bits per heavy atom. The van der Waals surface area contributed by atoms with Gasteiger partial charge in [-0.15, -0.1) is 0 Å². The summed E-state index contributed by atoms with van der Waals surface area (Å²) in [6, 6.07) is 0. The highest BCUT2D eigenvalue weighted by Crippen LogP contribution is 1.98. The molecule has 1 rings (SSSR count). The smallest absolute Gasteiger partial charge is 0.274 e. The highest BCUT2D eigenvalue weighted by molar-refractivity contribution is 8.10. The van der Waals surface area contributed by atoms with Crippen molar-refractivity contribution >= 4 is 16.2 Å². The fourth-order valence-electron chi connectivity index (χ4n) is 0.605. The SMILES string of the molecule is O=C([O-])[S+]1CCNC1. The zero-order valence-electron chi connectivity index (χ0n) is 4.35. The molecule has 1 saturated heterocycles. The van der Waals surface area contributed by atoms with Crippen molar-refractivity contribution in [1.29, 1.82) is 0 Å². The molecule has 1 aliphatic heterocycles. The van der Waals surface area contributed by atoms with Gasteiger partial charge in [-0.2, -0.15) is 0 Å². The maximum absolute atomic E-state index is 10.1. The summed E-state index contributed by atoms with van der Waals surface area (Å²) in [5, 5.41) is 12.1. The van der Waals surface area contributed by atoms with Crippen molar-refractivity contribution in [2.24, 2.45) is 0 Å². The quantitative estimate of drug-likeness (QED) is 0.409. The summed E-state index contributed by atoms with van der Waals surface area (Å²) < 4.78 is 0. The van der Waals surface area contributed by atoms with E-state index in [-0.39, 0.29) is 0 Å². The molecule has 1 unspecified atom stereocenters. The van der Waals surface area contributed by atoms with Gasteiger partial charge in [-0.25, -0.2) is 0 Å². The Morgan fingerprint density at radius 2 is 2.50 bits per heavy atom. The lowest BCUT2D eigenvalue weighted by Gasteiger charge is -1.94. The van der Waals surface area contributed by atoms with Crippen LogP contribution < -0.4 is 10.4 Å². The van der Waals surface area contributed by atoms with Gasteiger partial charge < -0.3 is 9.90 Å². The van der Waals surface area contributed by atoms with Gasteiger partial charge >= 0.3 is 0 Å². The molecule has 4 heteroatoms. The van der Waals surface area contributed by atoms with Crippen molar-refractivity contribution in [3.8, 4) is 0 Å². The molecule has 0 aromatic rings. The van der Waals surface area contributed by atoms with Crippen molar-refractivity contribution in [2.45, 2.75) is 0 Å². The van der Waals surface area contributed by atoms with Crippen LogP contribution in [-0.4, -0.2) is 23.5 Å². The van der Waals surface area contributed by atoms with Crippen LogP contribution >= 0.6 is 0 Å². The molecular weight excluding hydrogens is 126 g/mol. The van der Waals surface area contributed by atoms with E-state index in [0.29, 0.717) is 5.88 Å². The zero-order valence-corrected chi connectivity index (χ0v) is 5.16. The van der Waals surface area contributed by atoms with Crippen molar-refractivity contribution in [3.63, 3.8) is 0 Å². The minimum absolute atomic E-state index is 0.485. The van der Waals surface area contributed by atoms with Gasteiger partial charge in [0, 0.05) is 6.54 Å². The van der Waals surface area contributed by atoms with Gasteiger partial charge in [-0.1, -0.05) is 0 Å². The minimum atomic E-state index is -0.894. The van der Waals surface area contributed by atoms with Gasteiger partial charge in [-0.3, -0.25) is 5.32 Å². The first-order chi connectivity index (χ1) is 3.80. The molecule has 0 bridgehead atoms. The van der Waals surface area contributed by atoms with Crippen molar-refractivity contribution in [2.75, 3.05) is 18.2 Å². The lowest BCUT2D eigenvalue weighted by Crippen LogP contribution is -2.32. The van der Waals surface area contributed by atoms with Crippen molar-refractivity contribution in [3.05, 3.63) is 0 Å². The average Bonchev–Trinajstić information content (AvgIpc) is 2.12. The Bertz CT molecular complexity index is 100. The third kappa shape index (κ3) is 1.14. The first kappa shape index (κ1) is 5.91. The van der Waals surface area contributed by atoms with E-state index in [0.717, 1.165) is 12.3 Å². The van der Waals surface area contributed by atoms with Gasteiger partial charge in [0.25, 0.3) is 5.30 Å². The number of hydrogen-bond donors (Lipinski definition) is 1. The molecule has 0 aliphatic carbocycles. The summed E-state index contributed by atoms with van der Waals surface area (Å²) in [6.07, 6.45) is 0. The molecule has 46 valence electrons. The van der Waals surface area contributed by atoms with Gasteiger partial charge in [0.15, 0.2) is 5.88 Å². The largest absolute Gasteiger partial charge is 0.504 e. The molecule has 1 fully saturated rings. The van der Waals surface area contributed by atoms with E-state index in [9.17, 15) is 9.90 Å². The van der Waals surface area contributed by atoms with E-state index in [1.807, 2.05) is 0 Å². The number of rotatable bonds is 0. The lowest BCUT2D eigenvalue weighted by molar-refractivity contribution is -0.233. The van der Waals surface area contributed by atoms with E-state index >= 15 is 0 Å². The topological polar surface area (TPSA) is 52.2 Å². The molecule has 1 heterocycles. The molecule has 0 spiro atoms. The Labute approximate surface area is 50.4 Å². The second-order valence-electron chi connectivity index (χ2n) is 1.59. The Morgan fingerprint density at radius 1 is 1.75 bits per heavy atom. The Hall–Kier alpha value is -0.220. The first-order valence-corrected chi connectivity index (χ1v) is 3.96.